The van der Waals surface area contributed by atoms with Gasteiger partial charge in [-0.1, -0.05) is 18.2 Å². The van der Waals surface area contributed by atoms with Crippen molar-refractivity contribution in [3.63, 3.8) is 0 Å². The lowest BCUT2D eigenvalue weighted by atomic mass is 10.1. The summed E-state index contributed by atoms with van der Waals surface area (Å²) in [6.45, 7) is 3.54. The van der Waals surface area contributed by atoms with E-state index in [4.69, 9.17) is 4.74 Å². The molecule has 0 unspecified atom stereocenters. The van der Waals surface area contributed by atoms with Gasteiger partial charge in [0.2, 0.25) is 5.91 Å². The second kappa shape index (κ2) is 5.68. The predicted octanol–water partition coefficient (Wildman–Crippen LogP) is 1.12. The fraction of sp³-hybridized carbons (Fsp3) is 0.462. The Labute approximate surface area is 102 Å². The Morgan fingerprint density at radius 2 is 2.06 bits per heavy atom. The molecule has 0 atom stereocenters. The summed E-state index contributed by atoms with van der Waals surface area (Å²) in [5, 5.41) is 12.2. The van der Waals surface area contributed by atoms with Crippen LogP contribution in [0.4, 0.5) is 0 Å². The lowest BCUT2D eigenvalue weighted by molar-refractivity contribution is -0.121. The number of methoxy groups -OCH3 is 1. The van der Waals surface area contributed by atoms with Crippen LogP contribution in [0.3, 0.4) is 0 Å². The number of para-hydroxylation sites is 1. The first-order chi connectivity index (χ1) is 7.92. The Balaban J connectivity index is 2.56. The van der Waals surface area contributed by atoms with Gasteiger partial charge >= 0.3 is 0 Å². The van der Waals surface area contributed by atoms with Gasteiger partial charge in [-0.3, -0.25) is 4.79 Å². The molecule has 4 heteroatoms. The van der Waals surface area contributed by atoms with Gasteiger partial charge in [0.15, 0.2) is 0 Å². The Hall–Kier alpha value is -1.55. The van der Waals surface area contributed by atoms with Crippen LogP contribution < -0.4 is 10.1 Å². The van der Waals surface area contributed by atoms with Crippen molar-refractivity contribution in [2.75, 3.05) is 13.7 Å². The molecule has 1 amide bonds. The van der Waals surface area contributed by atoms with Crippen molar-refractivity contribution in [2.45, 2.75) is 25.9 Å². The van der Waals surface area contributed by atoms with E-state index >= 15 is 0 Å². The molecule has 2 N–H and O–H groups in total. The molecule has 4 nitrogen and oxygen atoms in total. The lowest BCUT2D eigenvalue weighted by Gasteiger charge is -2.17. The van der Waals surface area contributed by atoms with E-state index < -0.39 is 5.60 Å². The zero-order valence-electron chi connectivity index (χ0n) is 10.5. The molecule has 0 saturated heterocycles. The number of nitrogens with one attached hydrogen (secondary N) is 1. The fourth-order valence-electron chi connectivity index (χ4n) is 1.40. The molecular weight excluding hydrogens is 218 g/mol. The maximum Gasteiger partial charge on any atom is 0.224 e. The summed E-state index contributed by atoms with van der Waals surface area (Å²) < 4.78 is 5.16. The Morgan fingerprint density at radius 3 is 2.65 bits per heavy atom. The minimum absolute atomic E-state index is 0.128. The van der Waals surface area contributed by atoms with Crippen LogP contribution in [-0.4, -0.2) is 30.3 Å². The maximum atomic E-state index is 11.6. The normalized spacial score (nSPS) is 11.1. The number of amides is 1. The van der Waals surface area contributed by atoms with Gasteiger partial charge in [0.25, 0.3) is 0 Å². The first kappa shape index (κ1) is 13.5. The molecule has 0 radical (unpaired) electrons. The average Bonchev–Trinajstić information content (AvgIpc) is 2.26. The van der Waals surface area contributed by atoms with E-state index in [2.05, 4.69) is 5.32 Å². The third-order valence-electron chi connectivity index (χ3n) is 2.26. The molecule has 0 saturated carbocycles. The molecule has 0 aliphatic rings. The molecule has 0 heterocycles. The molecule has 0 aliphatic heterocycles. The Bertz CT molecular complexity index is 382. The number of carbonyl (C=O) groups excluding carboxylic acids is 1. The van der Waals surface area contributed by atoms with Crippen LogP contribution in [0.5, 0.6) is 5.75 Å². The van der Waals surface area contributed by atoms with Crippen LogP contribution in [0, 0.1) is 0 Å². The number of ether oxygens (including phenoxy) is 1. The van der Waals surface area contributed by atoms with Crippen molar-refractivity contribution in [3.05, 3.63) is 29.8 Å². The quantitative estimate of drug-likeness (QED) is 0.807. The van der Waals surface area contributed by atoms with Crippen LogP contribution in [0.25, 0.3) is 0 Å². The largest absolute Gasteiger partial charge is 0.496 e. The van der Waals surface area contributed by atoms with E-state index in [9.17, 15) is 9.90 Å². The molecule has 1 aromatic rings. The highest BCUT2D eigenvalue weighted by atomic mass is 16.5. The number of carbonyl (C=O) groups is 1. The van der Waals surface area contributed by atoms with Crippen LogP contribution >= 0.6 is 0 Å². The molecule has 0 aromatic heterocycles. The van der Waals surface area contributed by atoms with E-state index in [1.54, 1.807) is 21.0 Å². The van der Waals surface area contributed by atoms with Crippen molar-refractivity contribution in [2.24, 2.45) is 0 Å². The summed E-state index contributed by atoms with van der Waals surface area (Å²) in [4.78, 5) is 11.6. The third-order valence-corrected chi connectivity index (χ3v) is 2.26. The molecule has 1 aromatic carbocycles. The monoisotopic (exact) mass is 237 g/mol. The van der Waals surface area contributed by atoms with Gasteiger partial charge in [-0.05, 0) is 19.9 Å². The van der Waals surface area contributed by atoms with Gasteiger partial charge in [0.05, 0.1) is 19.1 Å². The Kier molecular flexibility index (Phi) is 4.52. The van der Waals surface area contributed by atoms with Crippen LogP contribution in [0.1, 0.15) is 19.4 Å². The molecular formula is C13H19NO3. The van der Waals surface area contributed by atoms with Gasteiger partial charge < -0.3 is 15.2 Å². The molecule has 0 aliphatic carbocycles. The first-order valence-electron chi connectivity index (χ1n) is 5.53. The fourth-order valence-corrected chi connectivity index (χ4v) is 1.40. The standard InChI is InChI=1S/C13H19NO3/c1-13(2,16)9-14-12(15)8-10-6-4-5-7-11(10)17-3/h4-7,16H,8-9H2,1-3H3,(H,14,15). The highest BCUT2D eigenvalue weighted by Gasteiger charge is 2.14. The van der Waals surface area contributed by atoms with Crippen LogP contribution in [0.15, 0.2) is 24.3 Å². The van der Waals surface area contributed by atoms with Crippen molar-refractivity contribution in [3.8, 4) is 5.75 Å². The van der Waals surface area contributed by atoms with Gasteiger partial charge in [-0.2, -0.15) is 0 Å². The van der Waals surface area contributed by atoms with Crippen molar-refractivity contribution < 1.29 is 14.6 Å². The van der Waals surface area contributed by atoms with Gasteiger partial charge in [-0.25, -0.2) is 0 Å². The van der Waals surface area contributed by atoms with Gasteiger partial charge in [0, 0.05) is 12.1 Å². The molecule has 94 valence electrons. The zero-order chi connectivity index (χ0) is 12.9. The molecule has 0 fully saturated rings. The number of rotatable bonds is 5. The van der Waals surface area contributed by atoms with Crippen LogP contribution in [-0.2, 0) is 11.2 Å². The summed E-state index contributed by atoms with van der Waals surface area (Å²) in [7, 11) is 1.58. The number of hydrogen-bond donors (Lipinski definition) is 2. The third kappa shape index (κ3) is 4.87. The van der Waals surface area contributed by atoms with Crippen molar-refractivity contribution >= 4 is 5.91 Å². The predicted molar refractivity (Wildman–Crippen MR) is 66.0 cm³/mol. The molecule has 1 rings (SSSR count). The zero-order valence-corrected chi connectivity index (χ0v) is 10.5. The molecule has 0 spiro atoms. The SMILES string of the molecule is COc1ccccc1CC(=O)NCC(C)(C)O. The Morgan fingerprint density at radius 1 is 1.41 bits per heavy atom. The summed E-state index contributed by atoms with van der Waals surface area (Å²) in [5.74, 6) is 0.572. The topological polar surface area (TPSA) is 58.6 Å². The lowest BCUT2D eigenvalue weighted by Crippen LogP contribution is -2.38. The average molecular weight is 237 g/mol. The highest BCUT2D eigenvalue weighted by molar-refractivity contribution is 5.79. The highest BCUT2D eigenvalue weighted by Crippen LogP contribution is 2.17. The smallest absolute Gasteiger partial charge is 0.224 e. The summed E-state index contributed by atoms with van der Waals surface area (Å²) >= 11 is 0. The summed E-state index contributed by atoms with van der Waals surface area (Å²) in [6, 6.07) is 7.39. The minimum atomic E-state index is -0.892. The van der Waals surface area contributed by atoms with Crippen molar-refractivity contribution in [1.82, 2.24) is 5.32 Å². The van der Waals surface area contributed by atoms with E-state index in [0.717, 1.165) is 5.56 Å². The van der Waals surface area contributed by atoms with E-state index in [-0.39, 0.29) is 18.9 Å². The maximum absolute atomic E-state index is 11.6. The molecule has 17 heavy (non-hydrogen) atoms. The first-order valence-corrected chi connectivity index (χ1v) is 5.53. The number of aliphatic hydroxyl groups is 1. The van der Waals surface area contributed by atoms with Gasteiger partial charge in [0.1, 0.15) is 5.75 Å². The van der Waals surface area contributed by atoms with E-state index in [1.807, 2.05) is 24.3 Å². The number of hydrogen-bond acceptors (Lipinski definition) is 3. The summed E-state index contributed by atoms with van der Waals surface area (Å²) in [5.41, 5.74) is -0.0561. The van der Waals surface area contributed by atoms with E-state index in [1.165, 1.54) is 0 Å². The second-order valence-electron chi connectivity index (χ2n) is 4.58. The minimum Gasteiger partial charge on any atom is -0.496 e. The second-order valence-corrected chi connectivity index (χ2v) is 4.58. The van der Waals surface area contributed by atoms with Gasteiger partial charge in [-0.15, -0.1) is 0 Å². The van der Waals surface area contributed by atoms with E-state index in [0.29, 0.717) is 5.75 Å². The van der Waals surface area contributed by atoms with Crippen molar-refractivity contribution in [1.29, 1.82) is 0 Å². The summed E-state index contributed by atoms with van der Waals surface area (Å²) in [6.07, 6.45) is 0.250. The number of benzene rings is 1. The molecule has 0 bridgehead atoms. The van der Waals surface area contributed by atoms with Crippen LogP contribution in [0.2, 0.25) is 0 Å².